The van der Waals surface area contributed by atoms with Crippen molar-refractivity contribution < 1.29 is 5.11 Å². The van der Waals surface area contributed by atoms with Crippen molar-refractivity contribution in [1.29, 1.82) is 0 Å². The topological polar surface area (TPSA) is 114 Å². The normalized spacial score (nSPS) is 11.6. The van der Waals surface area contributed by atoms with E-state index in [0.29, 0.717) is 35.4 Å². The fourth-order valence-corrected chi connectivity index (χ4v) is 3.65. The van der Waals surface area contributed by atoms with Gasteiger partial charge in [-0.25, -0.2) is 9.38 Å². The number of fused-ring (bicyclic) bond motifs is 2. The molecule has 0 saturated carbocycles. The number of nitrogens with zero attached hydrogens (tertiary/aromatic N) is 4. The number of hydrogen-bond acceptors (Lipinski definition) is 6. The first-order valence-electron chi connectivity index (χ1n) is 8.23. The van der Waals surface area contributed by atoms with E-state index < -0.39 is 0 Å². The highest BCUT2D eigenvalue weighted by Gasteiger charge is 2.18. The third-order valence-corrected chi connectivity index (χ3v) is 5.04. The smallest absolute Gasteiger partial charge is 0.287 e. The molecular formula is C17H18N6O2S. The number of imidazole rings is 2. The highest BCUT2D eigenvalue weighted by atomic mass is 32.2. The zero-order valence-corrected chi connectivity index (χ0v) is 14.7. The van der Waals surface area contributed by atoms with Crippen LogP contribution in [0.2, 0.25) is 0 Å². The quantitative estimate of drug-likeness (QED) is 0.438. The minimum absolute atomic E-state index is 0.0668. The maximum absolute atomic E-state index is 12.9. The number of aliphatic hydroxyl groups is 1. The van der Waals surface area contributed by atoms with E-state index in [4.69, 9.17) is 5.73 Å². The van der Waals surface area contributed by atoms with Crippen LogP contribution >= 0.6 is 11.8 Å². The van der Waals surface area contributed by atoms with Crippen molar-refractivity contribution in [3.8, 4) is 11.3 Å². The lowest BCUT2D eigenvalue weighted by atomic mass is 10.2. The van der Waals surface area contributed by atoms with Gasteiger partial charge in [-0.15, -0.1) is 0 Å². The number of aromatic amines is 1. The van der Waals surface area contributed by atoms with E-state index >= 15 is 0 Å². The average molecular weight is 370 g/mol. The predicted octanol–water partition coefficient (Wildman–Crippen LogP) is 1.08. The summed E-state index contributed by atoms with van der Waals surface area (Å²) < 4.78 is 3.23. The molecule has 0 atom stereocenters. The van der Waals surface area contributed by atoms with E-state index in [1.165, 1.54) is 16.2 Å². The number of aromatic nitrogens is 5. The van der Waals surface area contributed by atoms with Crippen molar-refractivity contribution in [2.45, 2.75) is 11.7 Å². The molecule has 0 aliphatic rings. The number of hydrogen-bond donors (Lipinski definition) is 3. The molecule has 26 heavy (non-hydrogen) atoms. The molecule has 4 N–H and O–H groups in total. The Hall–Kier alpha value is -2.62. The van der Waals surface area contributed by atoms with E-state index in [9.17, 15) is 9.90 Å². The molecule has 1 aromatic carbocycles. The van der Waals surface area contributed by atoms with Crippen LogP contribution in [0.1, 0.15) is 0 Å². The summed E-state index contributed by atoms with van der Waals surface area (Å²) in [6, 6.07) is 9.73. The molecule has 3 aromatic heterocycles. The van der Waals surface area contributed by atoms with Crippen molar-refractivity contribution in [1.82, 2.24) is 23.9 Å². The van der Waals surface area contributed by atoms with Crippen molar-refractivity contribution in [2.24, 2.45) is 5.73 Å². The number of nitrogens with one attached hydrogen (secondary N) is 1. The zero-order valence-electron chi connectivity index (χ0n) is 13.9. The van der Waals surface area contributed by atoms with Crippen LogP contribution in [0.4, 0.5) is 0 Å². The lowest BCUT2D eigenvalue weighted by Gasteiger charge is -2.05. The molecule has 3 heterocycles. The van der Waals surface area contributed by atoms with E-state index in [1.807, 2.05) is 30.3 Å². The molecule has 0 bridgehead atoms. The van der Waals surface area contributed by atoms with Crippen LogP contribution < -0.4 is 11.3 Å². The lowest BCUT2D eigenvalue weighted by molar-refractivity contribution is 0.273. The molecule has 0 amide bonds. The Bertz CT molecular complexity index is 1120. The number of nitrogens with two attached hydrogens (primary N) is 1. The minimum atomic E-state index is -0.241. The second kappa shape index (κ2) is 6.94. The van der Waals surface area contributed by atoms with Gasteiger partial charge in [0.15, 0.2) is 16.3 Å². The summed E-state index contributed by atoms with van der Waals surface area (Å²) in [4.78, 5) is 25.1. The molecule has 0 unspecified atom stereocenters. The third kappa shape index (κ3) is 2.79. The van der Waals surface area contributed by atoms with Crippen LogP contribution in [-0.4, -0.2) is 47.9 Å². The Morgan fingerprint density at radius 2 is 2.04 bits per heavy atom. The molecule has 0 aliphatic heterocycles. The van der Waals surface area contributed by atoms with Gasteiger partial charge in [0.25, 0.3) is 5.56 Å². The summed E-state index contributed by atoms with van der Waals surface area (Å²) in [6.45, 7) is 0.752. The maximum Gasteiger partial charge on any atom is 0.287 e. The van der Waals surface area contributed by atoms with Crippen LogP contribution in [0.15, 0.2) is 46.5 Å². The maximum atomic E-state index is 12.9. The van der Waals surface area contributed by atoms with Crippen LogP contribution in [0.3, 0.4) is 0 Å². The monoisotopic (exact) mass is 370 g/mol. The summed E-state index contributed by atoms with van der Waals surface area (Å²) in [7, 11) is 0. The minimum Gasteiger partial charge on any atom is -0.395 e. The number of rotatable bonds is 6. The fraction of sp³-hybridized carbons (Fsp3) is 0.235. The lowest BCUT2D eigenvalue weighted by Crippen LogP contribution is -2.14. The molecule has 4 rings (SSSR count). The zero-order chi connectivity index (χ0) is 18.1. The molecule has 134 valence electrons. The van der Waals surface area contributed by atoms with Gasteiger partial charge in [0, 0.05) is 25.0 Å². The van der Waals surface area contributed by atoms with Gasteiger partial charge in [0.05, 0.1) is 12.3 Å². The number of H-pyrrole nitrogens is 1. The Morgan fingerprint density at radius 1 is 1.23 bits per heavy atom. The summed E-state index contributed by atoms with van der Waals surface area (Å²) in [5, 5.41) is 10.0. The van der Waals surface area contributed by atoms with Gasteiger partial charge in [-0.05, 0) is 5.56 Å². The SMILES string of the molecule is NCCSc1nc2c(=O)n3cc(-c4ccccc4)[nH]c3nc2n1CCO. The van der Waals surface area contributed by atoms with Gasteiger partial charge in [0.2, 0.25) is 5.78 Å². The van der Waals surface area contributed by atoms with Crippen LogP contribution in [0.25, 0.3) is 28.2 Å². The predicted molar refractivity (Wildman–Crippen MR) is 101 cm³/mol. The van der Waals surface area contributed by atoms with Crippen LogP contribution in [0, 0.1) is 0 Å². The molecular weight excluding hydrogens is 352 g/mol. The average Bonchev–Trinajstić information content (AvgIpc) is 3.24. The number of benzene rings is 1. The molecule has 8 nitrogen and oxygen atoms in total. The molecule has 0 saturated heterocycles. The summed E-state index contributed by atoms with van der Waals surface area (Å²) >= 11 is 1.45. The molecule has 0 aliphatic carbocycles. The van der Waals surface area contributed by atoms with Crippen molar-refractivity contribution in [3.63, 3.8) is 0 Å². The highest BCUT2D eigenvalue weighted by molar-refractivity contribution is 7.99. The Kier molecular flexibility index (Phi) is 4.49. The second-order valence-electron chi connectivity index (χ2n) is 5.72. The third-order valence-electron chi connectivity index (χ3n) is 4.03. The van der Waals surface area contributed by atoms with Gasteiger partial charge >= 0.3 is 0 Å². The Morgan fingerprint density at radius 3 is 2.77 bits per heavy atom. The van der Waals surface area contributed by atoms with Crippen molar-refractivity contribution in [3.05, 3.63) is 46.9 Å². The molecule has 0 radical (unpaired) electrons. The van der Waals surface area contributed by atoms with E-state index in [2.05, 4.69) is 15.0 Å². The van der Waals surface area contributed by atoms with Gasteiger partial charge in [-0.1, -0.05) is 42.1 Å². The highest BCUT2D eigenvalue weighted by Crippen LogP contribution is 2.23. The standard InChI is InChI=1S/C17H18N6O2S/c18-6-9-26-17-20-13-14(22(17)7-8-24)21-16-19-12(10-23(16)15(13)25)11-4-2-1-3-5-11/h1-5,10,24H,6-9,18H2,(H,19,21). The fourth-order valence-electron chi connectivity index (χ4n) is 2.86. The largest absolute Gasteiger partial charge is 0.395 e. The molecule has 0 fully saturated rings. The summed E-state index contributed by atoms with van der Waals surface area (Å²) in [5.74, 6) is 1.11. The van der Waals surface area contributed by atoms with Crippen LogP contribution in [-0.2, 0) is 6.54 Å². The van der Waals surface area contributed by atoms with E-state index in [0.717, 1.165) is 11.3 Å². The molecule has 0 spiro atoms. The molecule has 4 aromatic rings. The number of aliphatic hydroxyl groups excluding tert-OH is 1. The van der Waals surface area contributed by atoms with Crippen molar-refractivity contribution >= 4 is 28.7 Å². The van der Waals surface area contributed by atoms with Gasteiger partial charge in [-0.2, -0.15) is 4.98 Å². The summed E-state index contributed by atoms with van der Waals surface area (Å²) in [6.07, 6.45) is 1.73. The van der Waals surface area contributed by atoms with E-state index in [-0.39, 0.29) is 17.7 Å². The van der Waals surface area contributed by atoms with Crippen LogP contribution in [0.5, 0.6) is 0 Å². The first kappa shape index (κ1) is 16.8. The van der Waals surface area contributed by atoms with Gasteiger partial charge in [-0.3, -0.25) is 4.79 Å². The van der Waals surface area contributed by atoms with Gasteiger partial charge in [0.1, 0.15) is 0 Å². The Labute approximate surface area is 152 Å². The first-order valence-corrected chi connectivity index (χ1v) is 9.22. The number of thioether (sulfide) groups is 1. The Balaban J connectivity index is 1.92. The second-order valence-corrected chi connectivity index (χ2v) is 6.79. The summed E-state index contributed by atoms with van der Waals surface area (Å²) in [5.41, 5.74) is 7.84. The van der Waals surface area contributed by atoms with E-state index in [1.54, 1.807) is 10.8 Å². The molecule has 9 heteroatoms. The van der Waals surface area contributed by atoms with Crippen molar-refractivity contribution in [2.75, 3.05) is 18.9 Å². The van der Waals surface area contributed by atoms with Gasteiger partial charge < -0.3 is 20.4 Å². The first-order chi connectivity index (χ1) is 12.7.